The SMILES string of the molecule is Cc1cc(C)n(-c2ccc(N3CCC[C@@H](C(=O)Nc4ccc(-n5cnnn5)cc4)C3)nn2)n1. The summed E-state index contributed by atoms with van der Waals surface area (Å²) in [5.74, 6) is 1.32. The number of amides is 1. The zero-order valence-electron chi connectivity index (χ0n) is 18.5. The van der Waals surface area contributed by atoms with E-state index in [4.69, 9.17) is 0 Å². The second kappa shape index (κ2) is 8.77. The maximum atomic E-state index is 12.9. The molecule has 0 radical (unpaired) electrons. The minimum Gasteiger partial charge on any atom is -0.354 e. The largest absolute Gasteiger partial charge is 0.354 e. The van der Waals surface area contributed by atoms with Crippen LogP contribution in [-0.2, 0) is 4.79 Å². The van der Waals surface area contributed by atoms with Crippen LogP contribution in [0.1, 0.15) is 24.2 Å². The lowest BCUT2D eigenvalue weighted by Crippen LogP contribution is -2.41. The van der Waals surface area contributed by atoms with Crippen LogP contribution in [0.4, 0.5) is 11.5 Å². The Bertz CT molecular complexity index is 1230. The first-order valence-corrected chi connectivity index (χ1v) is 10.8. The highest BCUT2D eigenvalue weighted by atomic mass is 16.1. The molecule has 1 fully saturated rings. The molecule has 1 atom stereocenters. The lowest BCUT2D eigenvalue weighted by Gasteiger charge is -2.32. The van der Waals surface area contributed by atoms with Crippen molar-refractivity contribution in [3.8, 4) is 11.5 Å². The summed E-state index contributed by atoms with van der Waals surface area (Å²) in [6.07, 6.45) is 3.27. The molecule has 3 aromatic heterocycles. The van der Waals surface area contributed by atoms with E-state index in [0.717, 1.165) is 48.0 Å². The number of nitrogens with one attached hydrogen (secondary N) is 1. The molecule has 33 heavy (non-hydrogen) atoms. The van der Waals surface area contributed by atoms with E-state index in [1.54, 1.807) is 9.36 Å². The molecule has 0 bridgehead atoms. The molecule has 1 aromatic carbocycles. The van der Waals surface area contributed by atoms with Crippen LogP contribution in [0, 0.1) is 19.8 Å². The number of carbonyl (C=O) groups excluding carboxylic acids is 1. The van der Waals surface area contributed by atoms with Crippen LogP contribution in [0.2, 0.25) is 0 Å². The number of aromatic nitrogens is 8. The van der Waals surface area contributed by atoms with Gasteiger partial charge in [-0.2, -0.15) is 5.10 Å². The van der Waals surface area contributed by atoms with Gasteiger partial charge in [-0.3, -0.25) is 4.79 Å². The fourth-order valence-corrected chi connectivity index (χ4v) is 4.08. The monoisotopic (exact) mass is 444 g/mol. The first kappa shape index (κ1) is 20.7. The molecule has 1 amide bonds. The minimum absolute atomic E-state index is 0.00194. The molecule has 0 spiro atoms. The summed E-state index contributed by atoms with van der Waals surface area (Å²) in [7, 11) is 0. The van der Waals surface area contributed by atoms with Gasteiger partial charge in [-0.25, -0.2) is 9.36 Å². The Labute approximate surface area is 190 Å². The number of benzene rings is 1. The third-order valence-electron chi connectivity index (χ3n) is 5.73. The zero-order chi connectivity index (χ0) is 22.8. The molecule has 1 aliphatic rings. The molecule has 4 aromatic rings. The van der Waals surface area contributed by atoms with Crippen molar-refractivity contribution in [3.05, 3.63) is 60.2 Å². The lowest BCUT2D eigenvalue weighted by atomic mass is 9.97. The number of carbonyl (C=O) groups is 1. The Hall–Kier alpha value is -4.15. The van der Waals surface area contributed by atoms with Crippen molar-refractivity contribution < 1.29 is 4.79 Å². The van der Waals surface area contributed by atoms with E-state index >= 15 is 0 Å². The van der Waals surface area contributed by atoms with E-state index in [0.29, 0.717) is 12.4 Å². The molecule has 11 heteroatoms. The third-order valence-corrected chi connectivity index (χ3v) is 5.73. The third kappa shape index (κ3) is 4.43. The maximum absolute atomic E-state index is 12.9. The van der Waals surface area contributed by atoms with Gasteiger partial charge in [0.2, 0.25) is 5.91 Å². The lowest BCUT2D eigenvalue weighted by molar-refractivity contribution is -0.120. The summed E-state index contributed by atoms with van der Waals surface area (Å²) in [5, 5.41) is 27.4. The highest BCUT2D eigenvalue weighted by Crippen LogP contribution is 2.23. The van der Waals surface area contributed by atoms with Crippen molar-refractivity contribution >= 4 is 17.4 Å². The first-order chi connectivity index (χ1) is 16.1. The van der Waals surface area contributed by atoms with Gasteiger partial charge in [0.15, 0.2) is 11.6 Å². The van der Waals surface area contributed by atoms with E-state index in [9.17, 15) is 4.79 Å². The van der Waals surface area contributed by atoms with Gasteiger partial charge >= 0.3 is 0 Å². The second-order valence-corrected chi connectivity index (χ2v) is 8.16. The summed E-state index contributed by atoms with van der Waals surface area (Å²) >= 11 is 0. The Kier molecular flexibility index (Phi) is 5.51. The molecule has 1 N–H and O–H groups in total. The fraction of sp³-hybridized carbons (Fsp3) is 0.318. The van der Waals surface area contributed by atoms with Gasteiger partial charge in [0, 0.05) is 24.5 Å². The van der Waals surface area contributed by atoms with Crippen molar-refractivity contribution in [3.63, 3.8) is 0 Å². The van der Waals surface area contributed by atoms with Crippen LogP contribution in [0.15, 0.2) is 48.8 Å². The van der Waals surface area contributed by atoms with Crippen LogP contribution in [0.5, 0.6) is 0 Å². The number of tetrazole rings is 1. The van der Waals surface area contributed by atoms with Gasteiger partial charge in [-0.15, -0.1) is 15.3 Å². The number of aryl methyl sites for hydroxylation is 2. The van der Waals surface area contributed by atoms with E-state index in [1.165, 1.54) is 6.33 Å². The number of piperidine rings is 1. The number of nitrogens with zero attached hydrogens (tertiary/aromatic N) is 9. The Morgan fingerprint density at radius 3 is 2.52 bits per heavy atom. The molecule has 5 rings (SSSR count). The van der Waals surface area contributed by atoms with Gasteiger partial charge in [-0.1, -0.05) is 0 Å². The van der Waals surface area contributed by atoms with Crippen LogP contribution in [0.3, 0.4) is 0 Å². The number of anilines is 2. The summed E-state index contributed by atoms with van der Waals surface area (Å²) in [5.41, 5.74) is 3.51. The summed E-state index contributed by atoms with van der Waals surface area (Å²) in [4.78, 5) is 15.0. The van der Waals surface area contributed by atoms with Crippen molar-refractivity contribution in [2.24, 2.45) is 5.92 Å². The van der Waals surface area contributed by atoms with Crippen LogP contribution >= 0.6 is 0 Å². The number of rotatable bonds is 5. The standard InChI is InChI=1S/C22H24N10O/c1-15-12-16(2)32(27-15)21-10-9-20(25-26-21)30-11-3-4-17(13-30)22(33)24-18-5-7-19(8-6-18)31-14-23-28-29-31/h5-10,12,14,17H,3-4,11,13H2,1-2H3,(H,24,33)/t17-/m1/s1. The summed E-state index contributed by atoms with van der Waals surface area (Å²) < 4.78 is 3.34. The molecule has 1 aliphatic heterocycles. The quantitative estimate of drug-likeness (QED) is 0.497. The van der Waals surface area contributed by atoms with Gasteiger partial charge < -0.3 is 10.2 Å². The van der Waals surface area contributed by atoms with Gasteiger partial charge in [-0.05, 0) is 79.6 Å². The molecule has 0 aliphatic carbocycles. The summed E-state index contributed by atoms with van der Waals surface area (Å²) in [6.45, 7) is 5.39. The molecule has 0 saturated carbocycles. The topological polar surface area (TPSA) is 120 Å². The smallest absolute Gasteiger partial charge is 0.229 e. The van der Waals surface area contributed by atoms with Crippen LogP contribution in [0.25, 0.3) is 11.5 Å². The molecular weight excluding hydrogens is 420 g/mol. The fourth-order valence-electron chi connectivity index (χ4n) is 4.08. The molecule has 4 heterocycles. The van der Waals surface area contributed by atoms with Gasteiger partial charge in [0.05, 0.1) is 17.3 Å². The number of hydrogen-bond acceptors (Lipinski definition) is 8. The van der Waals surface area contributed by atoms with Gasteiger partial charge in [0.25, 0.3) is 0 Å². The van der Waals surface area contributed by atoms with E-state index in [2.05, 4.69) is 41.0 Å². The Morgan fingerprint density at radius 1 is 1.06 bits per heavy atom. The number of hydrogen-bond donors (Lipinski definition) is 1. The first-order valence-electron chi connectivity index (χ1n) is 10.8. The zero-order valence-corrected chi connectivity index (χ0v) is 18.5. The molecule has 11 nitrogen and oxygen atoms in total. The van der Waals surface area contributed by atoms with Crippen molar-refractivity contribution in [1.82, 2.24) is 40.2 Å². The van der Waals surface area contributed by atoms with E-state index < -0.39 is 0 Å². The molecular formula is C22H24N10O. The average Bonchev–Trinajstić information content (AvgIpc) is 3.49. The Morgan fingerprint density at radius 2 is 1.85 bits per heavy atom. The second-order valence-electron chi connectivity index (χ2n) is 8.16. The Balaban J connectivity index is 1.23. The van der Waals surface area contributed by atoms with E-state index in [-0.39, 0.29) is 11.8 Å². The van der Waals surface area contributed by atoms with Gasteiger partial charge in [0.1, 0.15) is 6.33 Å². The maximum Gasteiger partial charge on any atom is 0.229 e. The van der Waals surface area contributed by atoms with Crippen molar-refractivity contribution in [2.75, 3.05) is 23.3 Å². The van der Waals surface area contributed by atoms with Crippen molar-refractivity contribution in [2.45, 2.75) is 26.7 Å². The molecule has 168 valence electrons. The molecule has 0 unspecified atom stereocenters. The summed E-state index contributed by atoms with van der Waals surface area (Å²) in [6, 6.07) is 13.3. The highest BCUT2D eigenvalue weighted by Gasteiger charge is 2.27. The van der Waals surface area contributed by atoms with Crippen LogP contribution in [-0.4, -0.2) is 59.2 Å². The van der Waals surface area contributed by atoms with Crippen molar-refractivity contribution in [1.29, 1.82) is 0 Å². The molecule has 1 saturated heterocycles. The van der Waals surface area contributed by atoms with Crippen LogP contribution < -0.4 is 10.2 Å². The normalized spacial score (nSPS) is 16.1. The van der Waals surface area contributed by atoms with E-state index in [1.807, 2.05) is 56.3 Å². The predicted molar refractivity (Wildman–Crippen MR) is 121 cm³/mol. The predicted octanol–water partition coefficient (Wildman–Crippen LogP) is 2.11. The highest BCUT2D eigenvalue weighted by molar-refractivity contribution is 5.93. The average molecular weight is 445 g/mol. The minimum atomic E-state index is -0.129.